The molecule has 1 aliphatic heterocycles. The average molecular weight is 429 g/mol. The van der Waals surface area contributed by atoms with Gasteiger partial charge in [-0.15, -0.1) is 0 Å². The Morgan fingerprint density at radius 1 is 1.27 bits per heavy atom. The minimum Gasteiger partial charge on any atom is -0.369 e. The van der Waals surface area contributed by atoms with E-state index in [1.165, 1.54) is 19.0 Å². The molecule has 2 amide bonds. The number of hydrogen-bond acceptors (Lipinski definition) is 5. The normalized spacial score (nSPS) is 19.1. The smallest absolute Gasteiger partial charge is 0.253 e. The summed E-state index contributed by atoms with van der Waals surface area (Å²) in [6.07, 6.45) is 6.45. The number of nitrogens with two attached hydrogens (primary N) is 1. The molecule has 1 aromatic heterocycles. The second kappa shape index (κ2) is 9.12. The molecule has 1 saturated carbocycles. The topological polar surface area (TPSA) is 97.5 Å². The van der Waals surface area contributed by atoms with Crippen LogP contribution in [0.2, 0.25) is 5.02 Å². The van der Waals surface area contributed by atoms with Crippen LogP contribution in [0.5, 0.6) is 0 Å². The molecule has 1 atom stereocenters. The van der Waals surface area contributed by atoms with Gasteiger partial charge in [-0.1, -0.05) is 30.5 Å². The summed E-state index contributed by atoms with van der Waals surface area (Å²) in [7, 11) is 0. The van der Waals surface area contributed by atoms with E-state index in [2.05, 4.69) is 10.3 Å². The number of morpholine rings is 1. The van der Waals surface area contributed by atoms with E-state index in [1.807, 2.05) is 6.07 Å². The number of pyridine rings is 1. The molecule has 2 heterocycles. The highest BCUT2D eigenvalue weighted by molar-refractivity contribution is 6.30. The molecule has 0 bridgehead atoms. The van der Waals surface area contributed by atoms with Crippen LogP contribution in [0.15, 0.2) is 36.7 Å². The molecule has 1 saturated heterocycles. The number of nitrogens with one attached hydrogen (secondary N) is 1. The van der Waals surface area contributed by atoms with Crippen molar-refractivity contribution in [2.24, 2.45) is 11.7 Å². The van der Waals surface area contributed by atoms with Crippen LogP contribution in [-0.2, 0) is 22.6 Å². The number of aromatic nitrogens is 1. The molecule has 158 valence electrons. The number of rotatable bonds is 7. The first-order valence-corrected chi connectivity index (χ1v) is 10.5. The molecule has 2 aromatic rings. The lowest BCUT2D eigenvalue weighted by molar-refractivity contribution is -0.127. The van der Waals surface area contributed by atoms with Gasteiger partial charge in [-0.05, 0) is 41.7 Å². The number of carbonyl (C=O) groups excluding carboxylic acids is 2. The summed E-state index contributed by atoms with van der Waals surface area (Å²) in [4.78, 5) is 31.3. The number of nitrogens with zero attached hydrogens (tertiary/aromatic N) is 2. The van der Waals surface area contributed by atoms with Gasteiger partial charge >= 0.3 is 0 Å². The summed E-state index contributed by atoms with van der Waals surface area (Å²) in [5.74, 6) is 0.283. The molecule has 8 heteroatoms. The Morgan fingerprint density at radius 2 is 2.10 bits per heavy atom. The zero-order chi connectivity index (χ0) is 21.1. The van der Waals surface area contributed by atoms with Crippen molar-refractivity contribution in [1.82, 2.24) is 10.3 Å². The lowest BCUT2D eigenvalue weighted by Crippen LogP contribution is -2.50. The van der Waals surface area contributed by atoms with Gasteiger partial charge in [0, 0.05) is 24.3 Å². The predicted octanol–water partition coefficient (Wildman–Crippen LogP) is 2.66. The minimum absolute atomic E-state index is 0.0163. The molecule has 30 heavy (non-hydrogen) atoms. The second-order valence-corrected chi connectivity index (χ2v) is 8.28. The number of benzene rings is 1. The van der Waals surface area contributed by atoms with Crippen LogP contribution < -0.4 is 16.0 Å². The number of ether oxygens (including phenoxy) is 1. The van der Waals surface area contributed by atoms with Gasteiger partial charge in [0.1, 0.15) is 6.61 Å². The molecule has 0 spiro atoms. The van der Waals surface area contributed by atoms with Crippen LogP contribution in [0, 0.1) is 5.92 Å². The third-order valence-corrected chi connectivity index (χ3v) is 5.80. The van der Waals surface area contributed by atoms with Crippen molar-refractivity contribution in [3.63, 3.8) is 0 Å². The zero-order valence-corrected chi connectivity index (χ0v) is 17.4. The summed E-state index contributed by atoms with van der Waals surface area (Å²) in [6, 6.07) is 7.13. The summed E-state index contributed by atoms with van der Waals surface area (Å²) in [6.45, 7) is 1.22. The summed E-state index contributed by atoms with van der Waals surface area (Å²) in [5, 5.41) is 3.48. The van der Waals surface area contributed by atoms with Gasteiger partial charge in [0.05, 0.1) is 30.1 Å². The van der Waals surface area contributed by atoms with E-state index < -0.39 is 0 Å². The SMILES string of the molecule is NCc1ccc(Cl)cc1CNC(=O)c1cncc(N2C(=O)COCC2CC2CC2)c1. The van der Waals surface area contributed by atoms with E-state index in [9.17, 15) is 9.59 Å². The van der Waals surface area contributed by atoms with Crippen molar-refractivity contribution in [2.75, 3.05) is 18.1 Å². The maximum absolute atomic E-state index is 12.7. The van der Waals surface area contributed by atoms with Crippen molar-refractivity contribution in [3.05, 3.63) is 58.4 Å². The van der Waals surface area contributed by atoms with Crippen LogP contribution in [0.3, 0.4) is 0 Å². The van der Waals surface area contributed by atoms with Gasteiger partial charge in [-0.2, -0.15) is 0 Å². The highest BCUT2D eigenvalue weighted by Gasteiger charge is 2.35. The van der Waals surface area contributed by atoms with Gasteiger partial charge in [0.15, 0.2) is 0 Å². The van der Waals surface area contributed by atoms with Crippen LogP contribution >= 0.6 is 11.6 Å². The molecular formula is C22H25ClN4O3. The maximum Gasteiger partial charge on any atom is 0.253 e. The Bertz CT molecular complexity index is 948. The summed E-state index contributed by atoms with van der Waals surface area (Å²) >= 11 is 6.07. The number of carbonyl (C=O) groups is 2. The number of anilines is 1. The zero-order valence-electron chi connectivity index (χ0n) is 16.6. The monoisotopic (exact) mass is 428 g/mol. The van der Waals surface area contributed by atoms with E-state index >= 15 is 0 Å². The van der Waals surface area contributed by atoms with E-state index in [1.54, 1.807) is 29.3 Å². The van der Waals surface area contributed by atoms with Crippen molar-refractivity contribution >= 4 is 29.1 Å². The average Bonchev–Trinajstić information content (AvgIpc) is 3.56. The fourth-order valence-electron chi connectivity index (χ4n) is 3.82. The van der Waals surface area contributed by atoms with Crippen molar-refractivity contribution in [2.45, 2.75) is 38.4 Å². The van der Waals surface area contributed by atoms with Gasteiger partial charge in [0.25, 0.3) is 11.8 Å². The van der Waals surface area contributed by atoms with Crippen molar-refractivity contribution in [3.8, 4) is 0 Å². The Hall–Kier alpha value is -2.48. The van der Waals surface area contributed by atoms with Crippen LogP contribution in [-0.4, -0.2) is 36.1 Å². The van der Waals surface area contributed by atoms with E-state index in [4.69, 9.17) is 22.1 Å². The Kier molecular flexibility index (Phi) is 6.32. The molecule has 1 aliphatic carbocycles. The van der Waals surface area contributed by atoms with Gasteiger partial charge in [-0.25, -0.2) is 0 Å². The lowest BCUT2D eigenvalue weighted by Gasteiger charge is -2.35. The van der Waals surface area contributed by atoms with Crippen LogP contribution in [0.1, 0.15) is 40.7 Å². The van der Waals surface area contributed by atoms with Crippen LogP contribution in [0.4, 0.5) is 5.69 Å². The number of amides is 2. The minimum atomic E-state index is -0.272. The Labute approximate surface area is 180 Å². The molecule has 1 aromatic carbocycles. The molecule has 2 aliphatic rings. The number of hydrogen-bond donors (Lipinski definition) is 2. The quantitative estimate of drug-likeness (QED) is 0.706. The molecule has 1 unspecified atom stereocenters. The molecule has 2 fully saturated rings. The highest BCUT2D eigenvalue weighted by Crippen LogP contribution is 2.36. The largest absolute Gasteiger partial charge is 0.369 e. The fourth-order valence-corrected chi connectivity index (χ4v) is 4.01. The van der Waals surface area contributed by atoms with Crippen molar-refractivity contribution in [1.29, 1.82) is 0 Å². The van der Waals surface area contributed by atoms with Crippen LogP contribution in [0.25, 0.3) is 0 Å². The van der Waals surface area contributed by atoms with E-state index in [-0.39, 0.29) is 24.5 Å². The summed E-state index contributed by atoms with van der Waals surface area (Å²) in [5.41, 5.74) is 8.60. The Balaban J connectivity index is 1.49. The lowest BCUT2D eigenvalue weighted by atomic mass is 10.1. The fraction of sp³-hybridized carbons (Fsp3) is 0.409. The van der Waals surface area contributed by atoms with Crippen molar-refractivity contribution < 1.29 is 14.3 Å². The Morgan fingerprint density at radius 3 is 2.87 bits per heavy atom. The highest BCUT2D eigenvalue weighted by atomic mass is 35.5. The van der Waals surface area contributed by atoms with Gasteiger partial charge < -0.3 is 20.7 Å². The maximum atomic E-state index is 12.7. The first-order chi connectivity index (χ1) is 14.5. The number of halogens is 1. The molecule has 7 nitrogen and oxygen atoms in total. The third-order valence-electron chi connectivity index (χ3n) is 5.56. The van der Waals surface area contributed by atoms with Gasteiger partial charge in [0.2, 0.25) is 0 Å². The first kappa shape index (κ1) is 20.8. The molecule has 0 radical (unpaired) electrons. The third kappa shape index (κ3) is 4.80. The molecule has 4 rings (SSSR count). The molecular weight excluding hydrogens is 404 g/mol. The molecule has 3 N–H and O–H groups in total. The van der Waals surface area contributed by atoms with E-state index in [0.717, 1.165) is 17.5 Å². The second-order valence-electron chi connectivity index (χ2n) is 7.84. The first-order valence-electron chi connectivity index (χ1n) is 10.2. The van der Waals surface area contributed by atoms with E-state index in [0.29, 0.717) is 41.9 Å². The summed E-state index contributed by atoms with van der Waals surface area (Å²) < 4.78 is 5.46. The van der Waals surface area contributed by atoms with Gasteiger partial charge in [-0.3, -0.25) is 14.6 Å². The standard InChI is InChI=1S/C22H25ClN4O3/c23-18-4-3-15(8-24)16(6-18)10-26-22(29)17-7-19(11-25-9-17)27-20(5-14-1-2-14)12-30-13-21(27)28/h3-4,6-7,9,11,14,20H,1-2,5,8,10,12-13,24H2,(H,26,29). The predicted molar refractivity (Wildman–Crippen MR) is 114 cm³/mol.